The third kappa shape index (κ3) is 6.86. The Morgan fingerprint density at radius 1 is 0.915 bits per heavy atom. The van der Waals surface area contributed by atoms with Crippen LogP contribution in [0.3, 0.4) is 0 Å². The van der Waals surface area contributed by atoms with Gasteiger partial charge >= 0.3 is 0 Å². The zero-order valence-electron chi connectivity index (χ0n) is 26.0. The lowest BCUT2D eigenvalue weighted by molar-refractivity contribution is -0.130. The van der Waals surface area contributed by atoms with E-state index in [0.29, 0.717) is 40.2 Å². The predicted molar refractivity (Wildman–Crippen MR) is 181 cm³/mol. The van der Waals surface area contributed by atoms with Crippen LogP contribution in [0.2, 0.25) is 0 Å². The maximum atomic E-state index is 13.9. The average molecular weight is 669 g/mol. The van der Waals surface area contributed by atoms with E-state index >= 15 is 0 Å². The van der Waals surface area contributed by atoms with E-state index in [1.54, 1.807) is 61.9 Å². The molecule has 6 rings (SSSR count). The molecule has 1 N–H and O–H groups in total. The summed E-state index contributed by atoms with van der Waals surface area (Å²) in [6.45, 7) is 0.125. The normalized spacial score (nSPS) is 14.1. The Balaban J connectivity index is 1.24. The van der Waals surface area contributed by atoms with Crippen molar-refractivity contribution in [2.24, 2.45) is 5.10 Å². The van der Waals surface area contributed by atoms with Crippen molar-refractivity contribution >= 4 is 40.6 Å². The van der Waals surface area contributed by atoms with Gasteiger partial charge in [0.05, 0.1) is 50.3 Å². The van der Waals surface area contributed by atoms with E-state index in [0.717, 1.165) is 21.8 Å². The van der Waals surface area contributed by atoms with E-state index in [-0.39, 0.29) is 30.2 Å². The molecule has 0 radical (unpaired) electrons. The number of amides is 2. The fourth-order valence-electron chi connectivity index (χ4n) is 5.29. The zero-order chi connectivity index (χ0) is 32.8. The van der Waals surface area contributed by atoms with Crippen molar-refractivity contribution in [1.29, 1.82) is 0 Å². The lowest BCUT2D eigenvalue weighted by Crippen LogP contribution is -2.29. The first-order valence-corrected chi connectivity index (χ1v) is 16.6. The molecule has 2 aromatic heterocycles. The number of carbonyl (C=O) groups is 2. The Morgan fingerprint density at radius 3 is 2.43 bits per heavy atom. The van der Waals surface area contributed by atoms with E-state index < -0.39 is 0 Å². The number of nitrogens with zero attached hydrogens (tertiary/aromatic N) is 5. The molecule has 0 saturated heterocycles. The van der Waals surface area contributed by atoms with E-state index in [9.17, 15) is 9.59 Å². The average Bonchev–Trinajstić information content (AvgIpc) is 3.90. The van der Waals surface area contributed by atoms with Crippen LogP contribution in [0, 0.1) is 0 Å². The molecule has 1 aliphatic rings. The van der Waals surface area contributed by atoms with Gasteiger partial charge in [0.25, 0.3) is 11.8 Å². The van der Waals surface area contributed by atoms with Crippen LogP contribution in [0.1, 0.15) is 39.1 Å². The molecule has 1 unspecified atom stereocenters. The summed E-state index contributed by atoms with van der Waals surface area (Å²) in [4.78, 5) is 27.8. The Bertz CT molecular complexity index is 1880. The van der Waals surface area contributed by atoms with Gasteiger partial charge in [-0.25, -0.2) is 5.01 Å². The number of hydrogen-bond donors (Lipinski definition) is 1. The number of methoxy groups -OCH3 is 3. The van der Waals surface area contributed by atoms with Crippen molar-refractivity contribution in [3.63, 3.8) is 0 Å². The fourth-order valence-corrected chi connectivity index (χ4v) is 6.83. The zero-order valence-corrected chi connectivity index (χ0v) is 27.6. The third-order valence-corrected chi connectivity index (χ3v) is 9.40. The number of rotatable bonds is 12. The van der Waals surface area contributed by atoms with Crippen LogP contribution >= 0.6 is 23.1 Å². The lowest BCUT2D eigenvalue weighted by atomic mass is 9.99. The second-order valence-electron chi connectivity index (χ2n) is 10.3. The highest BCUT2D eigenvalue weighted by Gasteiger charge is 2.36. The van der Waals surface area contributed by atoms with Crippen LogP contribution in [0.4, 0.5) is 0 Å². The van der Waals surface area contributed by atoms with Gasteiger partial charge in [-0.05, 0) is 53.9 Å². The summed E-state index contributed by atoms with van der Waals surface area (Å²) >= 11 is 2.84. The van der Waals surface area contributed by atoms with Crippen LogP contribution in [0.5, 0.6) is 17.2 Å². The van der Waals surface area contributed by atoms with Gasteiger partial charge in [0.15, 0.2) is 22.5 Å². The number of nitrogens with one attached hydrogen (secondary N) is 1. The van der Waals surface area contributed by atoms with Gasteiger partial charge in [-0.1, -0.05) is 48.2 Å². The van der Waals surface area contributed by atoms with Crippen molar-refractivity contribution < 1.29 is 23.8 Å². The highest BCUT2D eigenvalue weighted by molar-refractivity contribution is 7.99. The molecule has 240 valence electrons. The number of aromatic nitrogens is 3. The summed E-state index contributed by atoms with van der Waals surface area (Å²) in [5.74, 6) is 1.93. The Kier molecular flexibility index (Phi) is 9.83. The van der Waals surface area contributed by atoms with Crippen molar-refractivity contribution in [3.8, 4) is 22.9 Å². The van der Waals surface area contributed by atoms with Crippen LogP contribution in [0.25, 0.3) is 5.69 Å². The number of hydrazone groups is 1. The van der Waals surface area contributed by atoms with Gasteiger partial charge in [0.2, 0.25) is 0 Å². The van der Waals surface area contributed by atoms with Gasteiger partial charge in [-0.15, -0.1) is 21.5 Å². The molecule has 3 heterocycles. The monoisotopic (exact) mass is 668 g/mol. The molecule has 47 heavy (non-hydrogen) atoms. The van der Waals surface area contributed by atoms with Crippen LogP contribution < -0.4 is 19.5 Å². The first kappa shape index (κ1) is 31.8. The molecular formula is C34H32N6O5S2. The topological polar surface area (TPSA) is 120 Å². The largest absolute Gasteiger partial charge is 0.497 e. The molecule has 0 saturated carbocycles. The minimum absolute atomic E-state index is 0.0488. The standard InChI is InChI=1S/C34H32N6O5S2/c1-43-24-16-14-22(15-17-24)33(42)35-20-30-36-37-34(39(30)23-9-5-4-6-10-23)47-21-31(41)40-27(19-26(38-40)29-13-8-18-46-29)25-11-7-12-28(44-2)32(25)45-3/h4-18,27H,19-21H2,1-3H3,(H,35,42). The van der Waals surface area contributed by atoms with Crippen LogP contribution in [-0.2, 0) is 11.3 Å². The highest BCUT2D eigenvalue weighted by Crippen LogP contribution is 2.42. The summed E-state index contributed by atoms with van der Waals surface area (Å²) in [7, 11) is 4.75. The van der Waals surface area contributed by atoms with Gasteiger partial charge < -0.3 is 19.5 Å². The fraction of sp³-hybridized carbons (Fsp3) is 0.206. The Morgan fingerprint density at radius 2 is 1.72 bits per heavy atom. The lowest BCUT2D eigenvalue weighted by Gasteiger charge is -2.24. The van der Waals surface area contributed by atoms with Crippen LogP contribution in [-0.4, -0.2) is 64.4 Å². The van der Waals surface area contributed by atoms with Gasteiger partial charge in [0.1, 0.15) is 5.75 Å². The first-order chi connectivity index (χ1) is 23.0. The molecule has 0 aliphatic carbocycles. The van der Waals surface area contributed by atoms with Crippen molar-refractivity contribution in [2.45, 2.75) is 24.2 Å². The summed E-state index contributed by atoms with van der Waals surface area (Å²) in [5, 5.41) is 20.6. The molecule has 2 amide bonds. The van der Waals surface area contributed by atoms with E-state index in [1.807, 2.05) is 70.6 Å². The smallest absolute Gasteiger partial charge is 0.253 e. The summed E-state index contributed by atoms with van der Waals surface area (Å²) < 4.78 is 18.3. The molecule has 5 aromatic rings. The van der Waals surface area contributed by atoms with Crippen LogP contribution in [0.15, 0.2) is 101 Å². The molecule has 0 bridgehead atoms. The minimum atomic E-state index is -0.388. The summed E-state index contributed by atoms with van der Waals surface area (Å²) in [6, 6.07) is 25.7. The van der Waals surface area contributed by atoms with Crippen molar-refractivity contribution in [3.05, 3.63) is 112 Å². The molecule has 1 aliphatic heterocycles. The predicted octanol–water partition coefficient (Wildman–Crippen LogP) is 5.75. The minimum Gasteiger partial charge on any atom is -0.497 e. The number of ether oxygens (including phenoxy) is 3. The Hall–Kier alpha value is -5.14. The number of thioether (sulfide) groups is 1. The van der Waals surface area contributed by atoms with Crippen molar-refractivity contribution in [2.75, 3.05) is 27.1 Å². The number of hydrogen-bond acceptors (Lipinski definition) is 10. The maximum Gasteiger partial charge on any atom is 0.253 e. The second-order valence-corrected chi connectivity index (χ2v) is 12.2. The Labute approximate surface area is 280 Å². The maximum absolute atomic E-state index is 13.9. The van der Waals surface area contributed by atoms with E-state index in [1.165, 1.54) is 11.8 Å². The summed E-state index contributed by atoms with van der Waals surface area (Å²) in [6.07, 6.45) is 0.526. The molecule has 3 aromatic carbocycles. The molecule has 0 spiro atoms. The number of thiophene rings is 1. The van der Waals surface area contributed by atoms with Crippen molar-refractivity contribution in [1.82, 2.24) is 25.1 Å². The van der Waals surface area contributed by atoms with Gasteiger partial charge in [-0.2, -0.15) is 5.10 Å². The first-order valence-electron chi connectivity index (χ1n) is 14.7. The third-order valence-electron chi connectivity index (χ3n) is 7.56. The molecule has 11 nitrogen and oxygen atoms in total. The molecular weight excluding hydrogens is 637 g/mol. The summed E-state index contributed by atoms with van der Waals surface area (Å²) in [5.41, 5.74) is 2.94. The number of benzene rings is 3. The van der Waals surface area contributed by atoms with E-state index in [4.69, 9.17) is 19.3 Å². The number of para-hydroxylation sites is 2. The SMILES string of the molecule is COc1ccc(C(=O)NCc2nnc(SCC(=O)N3N=C(c4cccs4)CC3c3cccc(OC)c3OC)n2-c2ccccc2)cc1. The van der Waals surface area contributed by atoms with E-state index in [2.05, 4.69) is 15.5 Å². The highest BCUT2D eigenvalue weighted by atomic mass is 32.2. The quantitative estimate of drug-likeness (QED) is 0.167. The van der Waals surface area contributed by atoms with Gasteiger partial charge in [0, 0.05) is 23.2 Å². The second kappa shape index (κ2) is 14.5. The molecule has 0 fully saturated rings. The number of carbonyl (C=O) groups excluding carboxylic acids is 2. The molecule has 13 heteroatoms. The van der Waals surface area contributed by atoms with Gasteiger partial charge in [-0.3, -0.25) is 14.2 Å². The molecule has 1 atom stereocenters.